The molecule has 2 heterocycles. The molecule has 0 fully saturated rings. The van der Waals surface area contributed by atoms with Crippen LogP contribution in [0.2, 0.25) is 0 Å². The van der Waals surface area contributed by atoms with Crippen LogP contribution in [0.25, 0.3) is 27.6 Å². The number of fused-ring (bicyclic) bond motifs is 1. The topological polar surface area (TPSA) is 81.6 Å². The van der Waals surface area contributed by atoms with Gasteiger partial charge in [-0.05, 0) is 67.9 Å². The maximum atomic E-state index is 14.2. The van der Waals surface area contributed by atoms with Crippen molar-refractivity contribution in [1.82, 2.24) is 15.2 Å². The van der Waals surface area contributed by atoms with Crippen LogP contribution in [0.4, 0.5) is 15.8 Å². The number of rotatable bonds is 8. The fraction of sp³-hybridized carbons (Fsp3) is 0.276. The molecule has 0 radical (unpaired) electrons. The van der Waals surface area contributed by atoms with Crippen molar-refractivity contribution in [3.8, 4) is 11.1 Å². The maximum Gasteiger partial charge on any atom is 0.256 e. The molecule has 4 rings (SSSR count). The third-order valence-electron chi connectivity index (χ3n) is 6.80. The molecule has 37 heavy (non-hydrogen) atoms. The number of amides is 2. The first kappa shape index (κ1) is 25.9. The predicted molar refractivity (Wildman–Crippen MR) is 145 cm³/mol. The van der Waals surface area contributed by atoms with E-state index in [0.29, 0.717) is 40.2 Å². The SMILES string of the molecule is [C-]#[N+]c1ccc(-c2ccc3c(c2)/C(=C/c2[nH]c(C)c(C(=O)NCCN(CC)CC)c2C)C(=O)N3)cc1F. The van der Waals surface area contributed by atoms with Crippen molar-refractivity contribution in [2.75, 3.05) is 31.5 Å². The van der Waals surface area contributed by atoms with E-state index < -0.39 is 5.82 Å². The van der Waals surface area contributed by atoms with Crippen molar-refractivity contribution in [1.29, 1.82) is 0 Å². The Hall–Kier alpha value is -4.22. The monoisotopic (exact) mass is 499 g/mol. The Bertz CT molecular complexity index is 1440. The minimum Gasteiger partial charge on any atom is -0.358 e. The van der Waals surface area contributed by atoms with Crippen LogP contribution in [-0.2, 0) is 4.79 Å². The molecule has 2 amide bonds. The second-order valence-corrected chi connectivity index (χ2v) is 9.00. The Kier molecular flexibility index (Phi) is 7.55. The number of hydrogen-bond donors (Lipinski definition) is 3. The second kappa shape index (κ2) is 10.8. The molecule has 0 saturated carbocycles. The van der Waals surface area contributed by atoms with E-state index >= 15 is 0 Å². The van der Waals surface area contributed by atoms with Crippen LogP contribution in [0.3, 0.4) is 0 Å². The molecule has 190 valence electrons. The normalized spacial score (nSPS) is 13.5. The van der Waals surface area contributed by atoms with E-state index in [1.165, 1.54) is 12.1 Å². The highest BCUT2D eigenvalue weighted by molar-refractivity contribution is 6.35. The summed E-state index contributed by atoms with van der Waals surface area (Å²) in [5.74, 6) is -0.983. The first-order valence-corrected chi connectivity index (χ1v) is 12.3. The Morgan fingerprint density at radius 2 is 1.84 bits per heavy atom. The van der Waals surface area contributed by atoms with Crippen molar-refractivity contribution in [3.63, 3.8) is 0 Å². The highest BCUT2D eigenvalue weighted by atomic mass is 19.1. The lowest BCUT2D eigenvalue weighted by Gasteiger charge is -2.18. The van der Waals surface area contributed by atoms with Gasteiger partial charge >= 0.3 is 0 Å². The van der Waals surface area contributed by atoms with Crippen LogP contribution in [0.15, 0.2) is 36.4 Å². The first-order valence-electron chi connectivity index (χ1n) is 12.3. The quantitative estimate of drug-likeness (QED) is 0.281. The zero-order valence-corrected chi connectivity index (χ0v) is 21.5. The first-order chi connectivity index (χ1) is 17.8. The van der Waals surface area contributed by atoms with Gasteiger partial charge < -0.3 is 20.5 Å². The predicted octanol–water partition coefficient (Wildman–Crippen LogP) is 5.55. The summed E-state index contributed by atoms with van der Waals surface area (Å²) in [5, 5.41) is 5.87. The van der Waals surface area contributed by atoms with Crippen molar-refractivity contribution in [3.05, 3.63) is 81.7 Å². The van der Waals surface area contributed by atoms with E-state index in [9.17, 15) is 14.0 Å². The number of anilines is 1. The van der Waals surface area contributed by atoms with Gasteiger partial charge in [0.15, 0.2) is 0 Å². The Morgan fingerprint density at radius 3 is 2.51 bits per heavy atom. The van der Waals surface area contributed by atoms with Crippen LogP contribution in [0, 0.1) is 26.2 Å². The average Bonchev–Trinajstić information content (AvgIpc) is 3.35. The Balaban J connectivity index is 1.63. The zero-order valence-electron chi connectivity index (χ0n) is 21.5. The third-order valence-corrected chi connectivity index (χ3v) is 6.80. The summed E-state index contributed by atoms with van der Waals surface area (Å²) in [7, 11) is 0. The van der Waals surface area contributed by atoms with E-state index in [1.54, 1.807) is 24.3 Å². The lowest BCUT2D eigenvalue weighted by atomic mass is 9.98. The minimum atomic E-state index is -0.585. The molecular weight excluding hydrogens is 469 g/mol. The zero-order chi connectivity index (χ0) is 26.7. The fourth-order valence-electron chi connectivity index (χ4n) is 4.65. The van der Waals surface area contributed by atoms with Gasteiger partial charge in [0, 0.05) is 35.7 Å². The Morgan fingerprint density at radius 1 is 1.14 bits per heavy atom. The molecular formula is C29H30FN5O2. The average molecular weight is 500 g/mol. The standard InChI is InChI=1S/C29H30FN5O2/c1-6-35(7-2)13-12-32-29(37)27-17(3)26(33-18(27)4)16-22-21-14-19(8-10-24(21)34-28(22)36)20-9-11-25(31-5)23(30)15-20/h8-11,14-16,33H,6-7,12-13H2,1-4H3,(H,32,37)(H,34,36)/b22-16-. The number of carbonyl (C=O) groups excluding carboxylic acids is 2. The molecule has 0 atom stereocenters. The molecule has 7 nitrogen and oxygen atoms in total. The number of aromatic amines is 1. The minimum absolute atomic E-state index is 0.0344. The number of hydrogen-bond acceptors (Lipinski definition) is 3. The molecule has 3 N–H and O–H groups in total. The van der Waals surface area contributed by atoms with Crippen LogP contribution in [-0.4, -0.2) is 47.9 Å². The summed E-state index contributed by atoms with van der Waals surface area (Å²) < 4.78 is 14.2. The van der Waals surface area contributed by atoms with E-state index in [2.05, 4.69) is 39.2 Å². The van der Waals surface area contributed by atoms with Gasteiger partial charge in [0.05, 0.1) is 17.7 Å². The summed E-state index contributed by atoms with van der Waals surface area (Å²) in [6, 6.07) is 9.88. The van der Waals surface area contributed by atoms with Crippen LogP contribution < -0.4 is 10.6 Å². The highest BCUT2D eigenvalue weighted by Gasteiger charge is 2.26. The van der Waals surface area contributed by atoms with Crippen molar-refractivity contribution in [2.24, 2.45) is 0 Å². The maximum absolute atomic E-state index is 14.2. The van der Waals surface area contributed by atoms with Crippen LogP contribution in [0.1, 0.15) is 46.7 Å². The molecule has 2 aromatic carbocycles. The van der Waals surface area contributed by atoms with Crippen molar-refractivity contribution >= 4 is 34.8 Å². The van der Waals surface area contributed by atoms with Crippen molar-refractivity contribution in [2.45, 2.75) is 27.7 Å². The second-order valence-electron chi connectivity index (χ2n) is 9.00. The number of nitrogens with zero attached hydrogens (tertiary/aromatic N) is 2. The van der Waals surface area contributed by atoms with Crippen molar-refractivity contribution < 1.29 is 14.0 Å². The molecule has 0 saturated heterocycles. The van der Waals surface area contributed by atoms with Gasteiger partial charge in [-0.1, -0.05) is 32.0 Å². The summed E-state index contributed by atoms with van der Waals surface area (Å²) in [6.45, 7) is 18.1. The van der Waals surface area contributed by atoms with E-state index in [1.807, 2.05) is 19.9 Å². The van der Waals surface area contributed by atoms with Gasteiger partial charge in [0.2, 0.25) is 5.69 Å². The van der Waals surface area contributed by atoms with Gasteiger partial charge in [-0.25, -0.2) is 9.24 Å². The van der Waals surface area contributed by atoms with Gasteiger partial charge in [-0.3, -0.25) is 9.59 Å². The fourth-order valence-corrected chi connectivity index (χ4v) is 4.65. The smallest absolute Gasteiger partial charge is 0.256 e. The van der Waals surface area contributed by atoms with Crippen LogP contribution in [0.5, 0.6) is 0 Å². The third kappa shape index (κ3) is 5.18. The number of H-pyrrole nitrogens is 1. The Labute approximate surface area is 216 Å². The highest BCUT2D eigenvalue weighted by Crippen LogP contribution is 2.37. The summed E-state index contributed by atoms with van der Waals surface area (Å²) >= 11 is 0. The summed E-state index contributed by atoms with van der Waals surface area (Å²) in [5.41, 5.74) is 5.86. The van der Waals surface area contributed by atoms with E-state index in [4.69, 9.17) is 6.57 Å². The lowest BCUT2D eigenvalue weighted by molar-refractivity contribution is -0.110. The summed E-state index contributed by atoms with van der Waals surface area (Å²) in [4.78, 5) is 34.4. The molecule has 0 unspecified atom stereocenters. The van der Waals surface area contributed by atoms with E-state index in [-0.39, 0.29) is 17.5 Å². The number of nitrogens with one attached hydrogen (secondary N) is 3. The summed E-state index contributed by atoms with van der Waals surface area (Å²) in [6.07, 6.45) is 1.75. The van der Waals surface area contributed by atoms with Crippen LogP contribution >= 0.6 is 0 Å². The van der Waals surface area contributed by atoms with Gasteiger partial charge in [0.1, 0.15) is 5.82 Å². The number of aryl methyl sites for hydroxylation is 1. The largest absolute Gasteiger partial charge is 0.358 e. The van der Waals surface area contributed by atoms with E-state index in [0.717, 1.165) is 36.5 Å². The van der Waals surface area contributed by atoms with Gasteiger partial charge in [-0.15, -0.1) is 0 Å². The molecule has 1 aromatic heterocycles. The molecule has 1 aliphatic heterocycles. The lowest BCUT2D eigenvalue weighted by Crippen LogP contribution is -2.35. The molecule has 1 aliphatic rings. The molecule has 0 bridgehead atoms. The molecule has 3 aromatic rings. The number of carbonyl (C=O) groups is 2. The number of aromatic nitrogens is 1. The number of halogens is 1. The number of benzene rings is 2. The van der Waals surface area contributed by atoms with Gasteiger partial charge in [-0.2, -0.15) is 0 Å². The molecule has 8 heteroatoms. The molecule has 0 spiro atoms. The number of likely N-dealkylation sites (N-methyl/N-ethyl adjacent to an activating group) is 1. The molecule has 0 aliphatic carbocycles. The van der Waals surface area contributed by atoms with Gasteiger partial charge in [0.25, 0.3) is 11.8 Å².